The zero-order chi connectivity index (χ0) is 18.6. The lowest BCUT2D eigenvalue weighted by Crippen LogP contribution is -2.15. The van der Waals surface area contributed by atoms with E-state index in [1.54, 1.807) is 12.1 Å². The molecule has 0 aliphatic heterocycles. The second-order valence-corrected chi connectivity index (χ2v) is 5.72. The number of carbonyl (C=O) groups excluding carboxylic acids is 1. The number of hydrogen-bond donors (Lipinski definition) is 1. The molecule has 0 saturated carbocycles. The normalized spacial score (nSPS) is 10.4. The Hall–Kier alpha value is -2.53. The van der Waals surface area contributed by atoms with Crippen LogP contribution in [0.25, 0.3) is 0 Å². The third-order valence-corrected chi connectivity index (χ3v) is 3.70. The van der Waals surface area contributed by atoms with Crippen LogP contribution in [0.3, 0.4) is 0 Å². The van der Waals surface area contributed by atoms with Crippen molar-refractivity contribution in [1.29, 1.82) is 0 Å². The van der Waals surface area contributed by atoms with Gasteiger partial charge in [-0.1, -0.05) is 25.5 Å². The smallest absolute Gasteiger partial charge is 0.259 e. The fraction of sp³-hybridized carbons (Fsp3) is 0.381. The van der Waals surface area contributed by atoms with Gasteiger partial charge in [-0.15, -0.1) is 0 Å². The molecule has 1 amide bonds. The van der Waals surface area contributed by atoms with Gasteiger partial charge in [-0.2, -0.15) is 0 Å². The first-order valence-corrected chi connectivity index (χ1v) is 9.08. The van der Waals surface area contributed by atoms with Gasteiger partial charge in [0.1, 0.15) is 18.1 Å². The Balaban J connectivity index is 1.94. The van der Waals surface area contributed by atoms with E-state index in [1.807, 2.05) is 43.3 Å². The largest absolute Gasteiger partial charge is 0.494 e. The maximum absolute atomic E-state index is 12.6. The lowest BCUT2D eigenvalue weighted by Gasteiger charge is -2.12. The quantitative estimate of drug-likeness (QED) is 0.600. The van der Waals surface area contributed by atoms with Gasteiger partial charge in [0.05, 0.1) is 18.8 Å². The molecule has 2 aromatic rings. The van der Waals surface area contributed by atoms with E-state index in [1.165, 1.54) is 0 Å². The molecule has 0 heterocycles. The van der Waals surface area contributed by atoms with Crippen LogP contribution in [0.1, 0.15) is 37.0 Å². The highest BCUT2D eigenvalue weighted by Crippen LogP contribution is 2.21. The lowest BCUT2D eigenvalue weighted by molar-refractivity contribution is 0.0998. The maximum Gasteiger partial charge on any atom is 0.259 e. The number of hydrogen-bond acceptors (Lipinski definition) is 4. The van der Waals surface area contributed by atoms with Crippen LogP contribution in [0.4, 0.5) is 5.69 Å². The average molecular weight is 357 g/mol. The van der Waals surface area contributed by atoms with E-state index < -0.39 is 0 Å². The summed E-state index contributed by atoms with van der Waals surface area (Å²) in [5.41, 5.74) is 1.20. The molecule has 5 nitrogen and oxygen atoms in total. The van der Waals surface area contributed by atoms with Gasteiger partial charge in [-0.3, -0.25) is 4.79 Å². The van der Waals surface area contributed by atoms with Crippen LogP contribution in [0.2, 0.25) is 0 Å². The molecule has 0 unspecified atom stereocenters. The van der Waals surface area contributed by atoms with Crippen LogP contribution in [0.5, 0.6) is 11.5 Å². The molecule has 0 aliphatic carbocycles. The zero-order valence-corrected chi connectivity index (χ0v) is 15.5. The number of unbranched alkanes of at least 4 members (excludes halogenated alkanes) is 1. The van der Waals surface area contributed by atoms with E-state index in [-0.39, 0.29) is 5.91 Å². The van der Waals surface area contributed by atoms with Gasteiger partial charge in [0.15, 0.2) is 0 Å². The molecule has 140 valence electrons. The summed E-state index contributed by atoms with van der Waals surface area (Å²) in [7, 11) is 0. The van der Waals surface area contributed by atoms with Gasteiger partial charge in [0.25, 0.3) is 5.91 Å². The molecule has 1 N–H and O–H groups in total. The third-order valence-electron chi connectivity index (χ3n) is 3.70. The molecule has 0 aliphatic rings. The van der Waals surface area contributed by atoms with Gasteiger partial charge in [0.2, 0.25) is 0 Å². The van der Waals surface area contributed by atoms with Gasteiger partial charge < -0.3 is 19.5 Å². The summed E-state index contributed by atoms with van der Waals surface area (Å²) in [4.78, 5) is 12.6. The fourth-order valence-corrected chi connectivity index (χ4v) is 2.30. The second kappa shape index (κ2) is 11.2. The molecule has 0 spiro atoms. The third kappa shape index (κ3) is 6.41. The Kier molecular flexibility index (Phi) is 8.49. The first-order valence-electron chi connectivity index (χ1n) is 9.08. The van der Waals surface area contributed by atoms with Crippen molar-refractivity contribution in [3.63, 3.8) is 0 Å². The molecule has 5 heteroatoms. The summed E-state index contributed by atoms with van der Waals surface area (Å²) in [6.07, 6.45) is 2.12. The van der Waals surface area contributed by atoms with Crippen LogP contribution in [0.15, 0.2) is 48.5 Å². The number of carbonyl (C=O) groups is 1. The van der Waals surface area contributed by atoms with Gasteiger partial charge in [0, 0.05) is 12.3 Å². The molecule has 0 atom stereocenters. The molecular weight excluding hydrogens is 330 g/mol. The molecule has 2 rings (SSSR count). The minimum absolute atomic E-state index is 0.211. The summed E-state index contributed by atoms with van der Waals surface area (Å²) in [5.74, 6) is 1.14. The summed E-state index contributed by atoms with van der Waals surface area (Å²) in [5, 5.41) is 2.89. The Morgan fingerprint density at radius 2 is 1.69 bits per heavy atom. The van der Waals surface area contributed by atoms with E-state index >= 15 is 0 Å². The van der Waals surface area contributed by atoms with Gasteiger partial charge in [-0.05, 0) is 49.7 Å². The van der Waals surface area contributed by atoms with Crippen molar-refractivity contribution in [2.45, 2.75) is 26.7 Å². The van der Waals surface area contributed by atoms with Crippen LogP contribution in [-0.2, 0) is 4.74 Å². The predicted molar refractivity (Wildman–Crippen MR) is 103 cm³/mol. The van der Waals surface area contributed by atoms with Crippen molar-refractivity contribution in [2.24, 2.45) is 0 Å². The van der Waals surface area contributed by atoms with E-state index in [9.17, 15) is 4.79 Å². The molecule has 0 saturated heterocycles. The standard InChI is InChI=1S/C21H27NO4/c1-3-5-14-25-18-12-10-17(11-13-18)22-21(23)19-8-6-7-9-20(19)26-16-15-24-4-2/h6-13H,3-5,14-16H2,1-2H3,(H,22,23). The minimum atomic E-state index is -0.211. The fourth-order valence-electron chi connectivity index (χ4n) is 2.30. The van der Waals surface area contributed by atoms with Crippen LogP contribution in [-0.4, -0.2) is 32.3 Å². The minimum Gasteiger partial charge on any atom is -0.494 e. The molecule has 0 fully saturated rings. The summed E-state index contributed by atoms with van der Waals surface area (Å²) >= 11 is 0. The van der Waals surface area contributed by atoms with Crippen molar-refractivity contribution in [3.05, 3.63) is 54.1 Å². The van der Waals surface area contributed by atoms with E-state index in [4.69, 9.17) is 14.2 Å². The first kappa shape index (κ1) is 19.8. The highest BCUT2D eigenvalue weighted by atomic mass is 16.5. The maximum atomic E-state index is 12.6. The molecule has 0 radical (unpaired) electrons. The Labute approximate surface area is 155 Å². The van der Waals surface area contributed by atoms with Crippen LogP contribution in [0, 0.1) is 0 Å². The summed E-state index contributed by atoms with van der Waals surface area (Å²) in [6, 6.07) is 14.6. The van der Waals surface area contributed by atoms with Crippen molar-refractivity contribution >= 4 is 11.6 Å². The van der Waals surface area contributed by atoms with Crippen molar-refractivity contribution in [3.8, 4) is 11.5 Å². The number of ether oxygens (including phenoxy) is 3. The number of benzene rings is 2. The number of nitrogens with one attached hydrogen (secondary N) is 1. The molecule has 0 aromatic heterocycles. The molecule has 0 bridgehead atoms. The number of rotatable bonds is 11. The van der Waals surface area contributed by atoms with E-state index in [2.05, 4.69) is 12.2 Å². The van der Waals surface area contributed by atoms with Crippen molar-refractivity contribution in [1.82, 2.24) is 0 Å². The number of anilines is 1. The van der Waals surface area contributed by atoms with Crippen molar-refractivity contribution < 1.29 is 19.0 Å². The Bertz CT molecular complexity index is 670. The van der Waals surface area contributed by atoms with Crippen LogP contribution < -0.4 is 14.8 Å². The Morgan fingerprint density at radius 1 is 0.923 bits per heavy atom. The van der Waals surface area contributed by atoms with Gasteiger partial charge in [-0.25, -0.2) is 0 Å². The number of amides is 1. The highest BCUT2D eigenvalue weighted by Gasteiger charge is 2.12. The first-order chi connectivity index (χ1) is 12.7. The zero-order valence-electron chi connectivity index (χ0n) is 15.5. The average Bonchev–Trinajstić information content (AvgIpc) is 2.67. The summed E-state index contributed by atoms with van der Waals surface area (Å²) in [6.45, 7) is 6.30. The van der Waals surface area contributed by atoms with Crippen LogP contribution >= 0.6 is 0 Å². The topological polar surface area (TPSA) is 56.8 Å². The van der Waals surface area contributed by atoms with E-state index in [0.717, 1.165) is 18.6 Å². The molecule has 2 aromatic carbocycles. The lowest BCUT2D eigenvalue weighted by atomic mass is 10.2. The van der Waals surface area contributed by atoms with E-state index in [0.29, 0.717) is 43.4 Å². The molecule has 26 heavy (non-hydrogen) atoms. The number of para-hydroxylation sites is 1. The predicted octanol–water partition coefficient (Wildman–Crippen LogP) is 4.53. The van der Waals surface area contributed by atoms with Gasteiger partial charge >= 0.3 is 0 Å². The molecular formula is C21H27NO4. The van der Waals surface area contributed by atoms with Crippen molar-refractivity contribution in [2.75, 3.05) is 31.7 Å². The highest BCUT2D eigenvalue weighted by molar-refractivity contribution is 6.06. The second-order valence-electron chi connectivity index (χ2n) is 5.72. The SMILES string of the molecule is CCCCOc1ccc(NC(=O)c2ccccc2OCCOCC)cc1. The Morgan fingerprint density at radius 3 is 2.42 bits per heavy atom. The monoisotopic (exact) mass is 357 g/mol. The summed E-state index contributed by atoms with van der Waals surface area (Å²) < 4.78 is 16.6.